The number of carbonyl (C=O) groups is 2. The summed E-state index contributed by atoms with van der Waals surface area (Å²) in [6.07, 6.45) is 0.368. The molecular formula is C31H38N2O3. The number of hydrogen-bond donors (Lipinski definition) is 2. The molecule has 2 N–H and O–H groups in total. The Balaban J connectivity index is 1.70. The first kappa shape index (κ1) is 27.0. The molecule has 0 aliphatic heterocycles. The lowest BCUT2D eigenvalue weighted by Crippen LogP contribution is -2.53. The molecule has 190 valence electrons. The van der Waals surface area contributed by atoms with Gasteiger partial charge in [-0.2, -0.15) is 0 Å². The highest BCUT2D eigenvalue weighted by Crippen LogP contribution is 2.22. The van der Waals surface area contributed by atoms with Crippen LogP contribution in [0, 0.1) is 0 Å². The summed E-state index contributed by atoms with van der Waals surface area (Å²) in [7, 11) is 0. The van der Waals surface area contributed by atoms with Gasteiger partial charge in [0.1, 0.15) is 18.4 Å². The number of ether oxygens (including phenoxy) is 1. The van der Waals surface area contributed by atoms with Gasteiger partial charge >= 0.3 is 0 Å². The summed E-state index contributed by atoms with van der Waals surface area (Å²) in [5.74, 6) is 0.264. The largest absolute Gasteiger partial charge is 0.489 e. The average molecular weight is 487 g/mol. The van der Waals surface area contributed by atoms with Crippen molar-refractivity contribution in [2.24, 2.45) is 0 Å². The van der Waals surface area contributed by atoms with Gasteiger partial charge in [-0.3, -0.25) is 9.59 Å². The van der Waals surface area contributed by atoms with Crippen LogP contribution in [-0.2, 0) is 23.2 Å². The molecule has 1 atom stereocenters. The second-order valence-corrected chi connectivity index (χ2v) is 11.2. The predicted octanol–water partition coefficient (Wildman–Crippen LogP) is 5.82. The van der Waals surface area contributed by atoms with Gasteiger partial charge in [0.25, 0.3) is 5.91 Å². The highest BCUT2D eigenvalue weighted by molar-refractivity contribution is 5.97. The average Bonchev–Trinajstić information content (AvgIpc) is 2.82. The fraction of sp³-hybridized carbons (Fsp3) is 0.355. The number of benzene rings is 3. The molecule has 1 unspecified atom stereocenters. The normalized spacial score (nSPS) is 12.5. The van der Waals surface area contributed by atoms with E-state index in [0.717, 1.165) is 22.4 Å². The number of hydrogen-bond acceptors (Lipinski definition) is 3. The summed E-state index contributed by atoms with van der Waals surface area (Å²) in [5.41, 5.74) is 3.29. The summed E-state index contributed by atoms with van der Waals surface area (Å²) in [6, 6.07) is 24.5. The van der Waals surface area contributed by atoms with Crippen molar-refractivity contribution in [3.05, 3.63) is 101 Å². The second-order valence-electron chi connectivity index (χ2n) is 11.2. The molecule has 5 nitrogen and oxygen atoms in total. The lowest BCUT2D eigenvalue weighted by Gasteiger charge is -2.26. The molecule has 0 saturated heterocycles. The van der Waals surface area contributed by atoms with E-state index in [-0.39, 0.29) is 17.2 Å². The van der Waals surface area contributed by atoms with E-state index in [4.69, 9.17) is 4.74 Å². The van der Waals surface area contributed by atoms with Crippen molar-refractivity contribution in [3.8, 4) is 5.75 Å². The summed E-state index contributed by atoms with van der Waals surface area (Å²) in [4.78, 5) is 26.1. The summed E-state index contributed by atoms with van der Waals surface area (Å²) < 4.78 is 5.87. The molecule has 3 aromatic carbocycles. The zero-order chi connectivity index (χ0) is 26.3. The Hall–Kier alpha value is -3.60. The Morgan fingerprint density at radius 2 is 1.39 bits per heavy atom. The molecular weight excluding hydrogens is 448 g/mol. The molecule has 0 heterocycles. The van der Waals surface area contributed by atoms with Gasteiger partial charge < -0.3 is 15.4 Å². The summed E-state index contributed by atoms with van der Waals surface area (Å²) in [5, 5.41) is 5.94. The summed E-state index contributed by atoms with van der Waals surface area (Å²) >= 11 is 0. The molecule has 3 rings (SSSR count). The van der Waals surface area contributed by atoms with Gasteiger partial charge in [-0.1, -0.05) is 75.4 Å². The van der Waals surface area contributed by atoms with Crippen molar-refractivity contribution in [3.63, 3.8) is 0 Å². The molecule has 0 saturated carbocycles. The molecule has 36 heavy (non-hydrogen) atoms. The second kappa shape index (κ2) is 11.4. The minimum absolute atomic E-state index is 0.00110. The Bertz CT molecular complexity index is 1140. The smallest absolute Gasteiger partial charge is 0.251 e. The number of carbonyl (C=O) groups excluding carboxylic acids is 2. The Morgan fingerprint density at radius 3 is 1.94 bits per heavy atom. The van der Waals surface area contributed by atoms with E-state index in [1.54, 1.807) is 0 Å². The van der Waals surface area contributed by atoms with E-state index in [0.29, 0.717) is 18.6 Å². The van der Waals surface area contributed by atoms with Crippen molar-refractivity contribution in [1.82, 2.24) is 10.6 Å². The topological polar surface area (TPSA) is 67.4 Å². The van der Waals surface area contributed by atoms with Gasteiger partial charge in [0.2, 0.25) is 5.91 Å². The lowest BCUT2D eigenvalue weighted by molar-refractivity contribution is -0.124. The molecule has 0 aliphatic rings. The monoisotopic (exact) mass is 486 g/mol. The van der Waals surface area contributed by atoms with Gasteiger partial charge in [-0.05, 0) is 67.1 Å². The summed E-state index contributed by atoms with van der Waals surface area (Å²) in [6.45, 7) is 12.7. The fourth-order valence-corrected chi connectivity index (χ4v) is 3.73. The lowest BCUT2D eigenvalue weighted by atomic mass is 9.86. The van der Waals surface area contributed by atoms with Gasteiger partial charge in [0.15, 0.2) is 0 Å². The predicted molar refractivity (Wildman–Crippen MR) is 145 cm³/mol. The van der Waals surface area contributed by atoms with Crippen LogP contribution in [0.3, 0.4) is 0 Å². The zero-order valence-electron chi connectivity index (χ0n) is 22.2. The molecule has 0 spiro atoms. The minimum atomic E-state index is -0.713. The number of rotatable bonds is 8. The van der Waals surface area contributed by atoms with Crippen LogP contribution in [0.2, 0.25) is 0 Å². The Morgan fingerprint density at radius 1 is 0.778 bits per heavy atom. The van der Waals surface area contributed by atoms with E-state index in [9.17, 15) is 9.59 Å². The third-order valence-electron chi connectivity index (χ3n) is 5.74. The molecule has 0 radical (unpaired) electrons. The van der Waals surface area contributed by atoms with Gasteiger partial charge in [-0.25, -0.2) is 0 Å². The van der Waals surface area contributed by atoms with Crippen LogP contribution in [0.15, 0.2) is 78.9 Å². The molecule has 2 amide bonds. The molecule has 0 bridgehead atoms. The Labute approximate surface area is 215 Å². The zero-order valence-corrected chi connectivity index (χ0v) is 22.2. The van der Waals surface area contributed by atoms with Crippen molar-refractivity contribution in [1.29, 1.82) is 0 Å². The third kappa shape index (κ3) is 8.26. The van der Waals surface area contributed by atoms with Gasteiger partial charge in [-0.15, -0.1) is 0 Å². The molecule has 3 aromatic rings. The quantitative estimate of drug-likeness (QED) is 0.422. The van der Waals surface area contributed by atoms with Crippen LogP contribution in [-0.4, -0.2) is 23.4 Å². The molecule has 5 heteroatoms. The van der Waals surface area contributed by atoms with Crippen molar-refractivity contribution >= 4 is 11.8 Å². The van der Waals surface area contributed by atoms with E-state index in [1.807, 2.05) is 99.6 Å². The minimum Gasteiger partial charge on any atom is -0.489 e. The SMILES string of the molecule is CC(C)(C)NC(=O)C(Cc1ccc(OCc2ccccc2)cc1)NC(=O)c1ccc(C(C)(C)C)cc1. The number of nitrogens with one attached hydrogen (secondary N) is 2. The third-order valence-corrected chi connectivity index (χ3v) is 5.74. The van der Waals surface area contributed by atoms with E-state index in [1.165, 1.54) is 0 Å². The van der Waals surface area contributed by atoms with Crippen LogP contribution < -0.4 is 15.4 Å². The fourth-order valence-electron chi connectivity index (χ4n) is 3.73. The van der Waals surface area contributed by atoms with Gasteiger partial charge in [0.05, 0.1) is 0 Å². The van der Waals surface area contributed by atoms with Crippen LogP contribution in [0.25, 0.3) is 0 Å². The highest BCUT2D eigenvalue weighted by Gasteiger charge is 2.25. The molecule has 0 aliphatic carbocycles. The van der Waals surface area contributed by atoms with Crippen LogP contribution >= 0.6 is 0 Å². The van der Waals surface area contributed by atoms with Crippen molar-refractivity contribution < 1.29 is 14.3 Å². The maximum absolute atomic E-state index is 13.1. The van der Waals surface area contributed by atoms with Crippen LogP contribution in [0.4, 0.5) is 0 Å². The first-order valence-electron chi connectivity index (χ1n) is 12.4. The van der Waals surface area contributed by atoms with Gasteiger partial charge in [0, 0.05) is 17.5 Å². The Kier molecular flexibility index (Phi) is 8.57. The van der Waals surface area contributed by atoms with Crippen LogP contribution in [0.1, 0.15) is 68.6 Å². The first-order chi connectivity index (χ1) is 16.9. The maximum Gasteiger partial charge on any atom is 0.251 e. The molecule has 0 fully saturated rings. The maximum atomic E-state index is 13.1. The van der Waals surface area contributed by atoms with E-state index >= 15 is 0 Å². The van der Waals surface area contributed by atoms with E-state index in [2.05, 4.69) is 31.4 Å². The van der Waals surface area contributed by atoms with Crippen molar-refractivity contribution in [2.75, 3.05) is 0 Å². The first-order valence-corrected chi connectivity index (χ1v) is 12.4. The van der Waals surface area contributed by atoms with E-state index < -0.39 is 11.6 Å². The molecule has 0 aromatic heterocycles. The highest BCUT2D eigenvalue weighted by atomic mass is 16.5. The standard InChI is InChI=1S/C31H38N2O3/c1-30(2,3)25-16-14-24(15-17-25)28(34)32-27(29(35)33-31(4,5)6)20-22-12-18-26(19-13-22)36-21-23-10-8-7-9-11-23/h7-19,27H,20-21H2,1-6H3,(H,32,34)(H,33,35). The number of amides is 2. The van der Waals surface area contributed by atoms with Crippen molar-refractivity contribution in [2.45, 2.75) is 71.6 Å². The van der Waals surface area contributed by atoms with Crippen LogP contribution in [0.5, 0.6) is 5.75 Å².